The Morgan fingerprint density at radius 2 is 1.89 bits per heavy atom. The lowest BCUT2D eigenvalue weighted by Gasteiger charge is -1.97. The number of carbonyl (C=O) groups is 1. The number of carboxylic acid groups (broad SMARTS) is 1. The Kier molecular flexibility index (Phi) is 3.49. The summed E-state index contributed by atoms with van der Waals surface area (Å²) in [7, 11) is 0. The zero-order chi connectivity index (χ0) is 12.7. The summed E-state index contributed by atoms with van der Waals surface area (Å²) in [4.78, 5) is 14.0. The van der Waals surface area contributed by atoms with Crippen molar-refractivity contribution in [2.24, 2.45) is 0 Å². The first kappa shape index (κ1) is 13.4. The SMILES string of the molecule is C.O=C(O)Cc1ccc2c(c1)[nH]c1ccc(Cl)cc12. The molecule has 0 saturated carbocycles. The predicted octanol–water partition coefficient (Wildman–Crippen LogP) is 4.24. The number of H-pyrrole nitrogens is 1. The second kappa shape index (κ2) is 4.94. The summed E-state index contributed by atoms with van der Waals surface area (Å²) in [6.07, 6.45) is 0.0338. The summed E-state index contributed by atoms with van der Waals surface area (Å²) in [5.41, 5.74) is 2.72. The molecule has 0 radical (unpaired) electrons. The van der Waals surface area contributed by atoms with E-state index < -0.39 is 5.97 Å². The van der Waals surface area contributed by atoms with Crippen LogP contribution in [0.4, 0.5) is 0 Å². The lowest BCUT2D eigenvalue weighted by Crippen LogP contribution is -1.99. The smallest absolute Gasteiger partial charge is 0.307 e. The van der Waals surface area contributed by atoms with E-state index in [0.29, 0.717) is 5.02 Å². The number of rotatable bonds is 2. The largest absolute Gasteiger partial charge is 0.481 e. The molecule has 19 heavy (non-hydrogen) atoms. The number of benzene rings is 2. The van der Waals surface area contributed by atoms with Crippen LogP contribution in [0.3, 0.4) is 0 Å². The Morgan fingerprint density at radius 3 is 2.63 bits per heavy atom. The molecule has 98 valence electrons. The molecule has 2 aromatic carbocycles. The van der Waals surface area contributed by atoms with E-state index in [4.69, 9.17) is 16.7 Å². The van der Waals surface area contributed by atoms with Gasteiger partial charge in [0.2, 0.25) is 0 Å². The van der Waals surface area contributed by atoms with Crippen LogP contribution >= 0.6 is 11.6 Å². The van der Waals surface area contributed by atoms with Crippen molar-refractivity contribution in [2.45, 2.75) is 13.8 Å². The van der Waals surface area contributed by atoms with E-state index in [-0.39, 0.29) is 13.8 Å². The van der Waals surface area contributed by atoms with Crippen molar-refractivity contribution in [1.29, 1.82) is 0 Å². The van der Waals surface area contributed by atoms with E-state index >= 15 is 0 Å². The van der Waals surface area contributed by atoms with E-state index in [9.17, 15) is 4.79 Å². The second-order valence-electron chi connectivity index (χ2n) is 4.27. The summed E-state index contributed by atoms with van der Waals surface area (Å²) in [6.45, 7) is 0. The van der Waals surface area contributed by atoms with Crippen LogP contribution in [0.15, 0.2) is 36.4 Å². The average Bonchev–Trinajstić information content (AvgIpc) is 2.65. The molecule has 0 unspecified atom stereocenters. The van der Waals surface area contributed by atoms with Gasteiger partial charge >= 0.3 is 5.97 Å². The number of fused-ring (bicyclic) bond motifs is 3. The van der Waals surface area contributed by atoms with Crippen LogP contribution in [0, 0.1) is 0 Å². The second-order valence-corrected chi connectivity index (χ2v) is 4.70. The van der Waals surface area contributed by atoms with Crippen LogP contribution in [0.25, 0.3) is 21.8 Å². The summed E-state index contributed by atoms with van der Waals surface area (Å²) in [6, 6.07) is 11.3. The number of aliphatic carboxylic acids is 1. The maximum Gasteiger partial charge on any atom is 0.307 e. The van der Waals surface area contributed by atoms with Gasteiger partial charge in [-0.05, 0) is 29.8 Å². The van der Waals surface area contributed by atoms with E-state index in [1.165, 1.54) is 0 Å². The van der Waals surface area contributed by atoms with Crippen LogP contribution in [-0.4, -0.2) is 16.1 Å². The molecule has 0 fully saturated rings. The number of halogens is 1. The van der Waals surface area contributed by atoms with Crippen molar-refractivity contribution in [3.8, 4) is 0 Å². The molecule has 0 aliphatic carbocycles. The highest BCUT2D eigenvalue weighted by Crippen LogP contribution is 2.28. The van der Waals surface area contributed by atoms with Gasteiger partial charge in [0.25, 0.3) is 0 Å². The third-order valence-electron chi connectivity index (χ3n) is 2.98. The molecular formula is C15H14ClNO2. The number of hydrogen-bond donors (Lipinski definition) is 2. The highest BCUT2D eigenvalue weighted by molar-refractivity contribution is 6.31. The quantitative estimate of drug-likeness (QED) is 0.735. The molecule has 3 rings (SSSR count). The van der Waals surface area contributed by atoms with Crippen molar-refractivity contribution in [1.82, 2.24) is 4.98 Å². The Labute approximate surface area is 115 Å². The topological polar surface area (TPSA) is 53.1 Å². The molecule has 0 saturated heterocycles. The van der Waals surface area contributed by atoms with E-state index in [0.717, 1.165) is 27.4 Å². The molecule has 3 nitrogen and oxygen atoms in total. The number of nitrogens with one attached hydrogen (secondary N) is 1. The van der Waals surface area contributed by atoms with Crippen LogP contribution in [0.5, 0.6) is 0 Å². The van der Waals surface area contributed by atoms with Gasteiger partial charge in [0.1, 0.15) is 0 Å². The molecule has 1 aromatic heterocycles. The van der Waals surface area contributed by atoms with Gasteiger partial charge in [0.15, 0.2) is 0 Å². The Morgan fingerprint density at radius 1 is 1.11 bits per heavy atom. The first-order valence-corrected chi connectivity index (χ1v) is 5.93. The highest BCUT2D eigenvalue weighted by atomic mass is 35.5. The summed E-state index contributed by atoms with van der Waals surface area (Å²) in [5.74, 6) is -0.825. The number of carboxylic acids is 1. The number of aromatic amines is 1. The lowest BCUT2D eigenvalue weighted by molar-refractivity contribution is -0.136. The molecule has 0 spiro atoms. The van der Waals surface area contributed by atoms with E-state index in [2.05, 4.69) is 4.98 Å². The minimum Gasteiger partial charge on any atom is -0.481 e. The minimum atomic E-state index is -0.825. The molecule has 2 N–H and O–H groups in total. The van der Waals surface area contributed by atoms with Gasteiger partial charge < -0.3 is 10.1 Å². The van der Waals surface area contributed by atoms with Gasteiger partial charge in [0, 0.05) is 26.8 Å². The normalized spacial score (nSPS) is 10.6. The Balaban J connectivity index is 0.00000133. The number of aromatic nitrogens is 1. The zero-order valence-electron chi connectivity index (χ0n) is 9.40. The Hall–Kier alpha value is -2.00. The fourth-order valence-electron chi connectivity index (χ4n) is 2.21. The standard InChI is InChI=1S/C14H10ClNO2.CH4/c15-9-2-4-12-11(7-9)10-3-1-8(6-14(17)18)5-13(10)16-12;/h1-5,7,16H,6H2,(H,17,18);1H4. The molecule has 0 aliphatic rings. The maximum atomic E-state index is 10.7. The van der Waals surface area contributed by atoms with E-state index in [1.54, 1.807) is 0 Å². The molecule has 3 aromatic rings. The van der Waals surface area contributed by atoms with Crippen LogP contribution in [0.2, 0.25) is 5.02 Å². The third-order valence-corrected chi connectivity index (χ3v) is 3.22. The first-order chi connectivity index (χ1) is 8.63. The van der Waals surface area contributed by atoms with Gasteiger partial charge in [0.05, 0.1) is 6.42 Å². The van der Waals surface area contributed by atoms with Gasteiger partial charge in [-0.25, -0.2) is 0 Å². The van der Waals surface area contributed by atoms with Gasteiger partial charge in [-0.1, -0.05) is 31.2 Å². The first-order valence-electron chi connectivity index (χ1n) is 5.55. The average molecular weight is 276 g/mol. The summed E-state index contributed by atoms with van der Waals surface area (Å²) < 4.78 is 0. The molecule has 0 aliphatic heterocycles. The summed E-state index contributed by atoms with van der Waals surface area (Å²) >= 11 is 5.98. The fourth-order valence-corrected chi connectivity index (χ4v) is 2.38. The minimum absolute atomic E-state index is 0. The Bertz CT molecular complexity index is 761. The zero-order valence-corrected chi connectivity index (χ0v) is 10.2. The number of hydrogen-bond acceptors (Lipinski definition) is 1. The third kappa shape index (κ3) is 2.42. The lowest BCUT2D eigenvalue weighted by atomic mass is 10.1. The van der Waals surface area contributed by atoms with Crippen molar-refractivity contribution in [3.05, 3.63) is 47.0 Å². The maximum absolute atomic E-state index is 10.7. The molecule has 4 heteroatoms. The highest BCUT2D eigenvalue weighted by Gasteiger charge is 2.07. The van der Waals surface area contributed by atoms with Gasteiger partial charge in [-0.15, -0.1) is 0 Å². The van der Waals surface area contributed by atoms with Crippen molar-refractivity contribution >= 4 is 39.4 Å². The molecule has 0 atom stereocenters. The van der Waals surface area contributed by atoms with Crippen molar-refractivity contribution in [2.75, 3.05) is 0 Å². The van der Waals surface area contributed by atoms with Crippen LogP contribution in [-0.2, 0) is 11.2 Å². The van der Waals surface area contributed by atoms with Crippen LogP contribution in [0.1, 0.15) is 13.0 Å². The monoisotopic (exact) mass is 275 g/mol. The predicted molar refractivity (Wildman–Crippen MR) is 78.9 cm³/mol. The molecular weight excluding hydrogens is 262 g/mol. The van der Waals surface area contributed by atoms with Gasteiger partial charge in [-0.3, -0.25) is 4.79 Å². The van der Waals surface area contributed by atoms with Crippen molar-refractivity contribution < 1.29 is 9.90 Å². The molecule has 0 amide bonds. The van der Waals surface area contributed by atoms with E-state index in [1.807, 2.05) is 36.4 Å². The van der Waals surface area contributed by atoms with Gasteiger partial charge in [-0.2, -0.15) is 0 Å². The fraction of sp³-hybridized carbons (Fsp3) is 0.133. The van der Waals surface area contributed by atoms with Crippen molar-refractivity contribution in [3.63, 3.8) is 0 Å². The molecule has 1 heterocycles. The van der Waals surface area contributed by atoms with Crippen LogP contribution < -0.4 is 0 Å². The summed E-state index contributed by atoms with van der Waals surface area (Å²) in [5, 5.41) is 11.6. The molecule has 0 bridgehead atoms.